The molecule has 142 valence electrons. The molecular weight excluding hydrogens is 378 g/mol. The second-order valence-corrected chi connectivity index (χ2v) is 7.05. The number of carbonyl (C=O) groups excluding carboxylic acids is 2. The van der Waals surface area contributed by atoms with Gasteiger partial charge in [0.25, 0.3) is 0 Å². The minimum absolute atomic E-state index is 0.107. The molecule has 0 amide bonds. The van der Waals surface area contributed by atoms with E-state index in [0.717, 1.165) is 16.8 Å². The van der Waals surface area contributed by atoms with Crippen molar-refractivity contribution in [2.45, 2.75) is 12.8 Å². The SMILES string of the molecule is COC(=O)C1=C(C)NC2=C(C(=O)c3ccccc32)[C@@H]1c1ccc(OC)c(Cl)c1. The normalized spacial score (nSPS) is 17.9. The Morgan fingerprint density at radius 1 is 1.11 bits per heavy atom. The summed E-state index contributed by atoms with van der Waals surface area (Å²) in [5.41, 5.74) is 4.45. The van der Waals surface area contributed by atoms with Crippen LogP contribution >= 0.6 is 11.6 Å². The van der Waals surface area contributed by atoms with Crippen molar-refractivity contribution >= 4 is 29.1 Å². The molecule has 0 bridgehead atoms. The summed E-state index contributed by atoms with van der Waals surface area (Å²) < 4.78 is 10.3. The van der Waals surface area contributed by atoms with Gasteiger partial charge in [0.15, 0.2) is 5.78 Å². The standard InChI is InChI=1S/C22H18ClNO4/c1-11-17(22(26)28-3)18(12-8-9-16(27-2)15(23)10-12)19-20(24-11)13-6-4-5-7-14(13)21(19)25/h4-10,18,24H,1-3H3/t18-/m1/s1. The lowest BCUT2D eigenvalue weighted by molar-refractivity contribution is -0.136. The zero-order valence-electron chi connectivity index (χ0n) is 15.6. The molecule has 4 rings (SSSR count). The second kappa shape index (κ2) is 6.84. The summed E-state index contributed by atoms with van der Waals surface area (Å²) in [6, 6.07) is 12.7. The molecule has 1 aliphatic carbocycles. The zero-order valence-corrected chi connectivity index (χ0v) is 16.4. The topological polar surface area (TPSA) is 64.6 Å². The number of methoxy groups -OCH3 is 2. The average molecular weight is 396 g/mol. The summed E-state index contributed by atoms with van der Waals surface area (Å²) in [6.45, 7) is 1.81. The van der Waals surface area contributed by atoms with Crippen molar-refractivity contribution in [2.24, 2.45) is 0 Å². The molecule has 1 heterocycles. The fourth-order valence-electron chi connectivity index (χ4n) is 3.91. The van der Waals surface area contributed by atoms with Crippen LogP contribution in [0.25, 0.3) is 5.70 Å². The molecule has 1 N–H and O–H groups in total. The number of allylic oxidation sites excluding steroid dienone is 2. The van der Waals surface area contributed by atoms with E-state index in [1.165, 1.54) is 14.2 Å². The highest BCUT2D eigenvalue weighted by Gasteiger charge is 2.42. The molecule has 5 nitrogen and oxygen atoms in total. The van der Waals surface area contributed by atoms with Gasteiger partial charge in [-0.2, -0.15) is 0 Å². The molecule has 0 unspecified atom stereocenters. The molecule has 2 aromatic carbocycles. The van der Waals surface area contributed by atoms with Gasteiger partial charge in [0, 0.05) is 28.3 Å². The number of hydrogen-bond donors (Lipinski definition) is 1. The van der Waals surface area contributed by atoms with Gasteiger partial charge in [-0.25, -0.2) is 4.79 Å². The van der Waals surface area contributed by atoms with E-state index < -0.39 is 11.9 Å². The second-order valence-electron chi connectivity index (χ2n) is 6.65. The quantitative estimate of drug-likeness (QED) is 0.793. The van der Waals surface area contributed by atoms with Crippen molar-refractivity contribution in [2.75, 3.05) is 14.2 Å². The summed E-state index contributed by atoms with van der Waals surface area (Å²) in [4.78, 5) is 25.9. The van der Waals surface area contributed by atoms with Crippen molar-refractivity contribution in [1.82, 2.24) is 5.32 Å². The Bertz CT molecular complexity index is 1080. The predicted octanol–water partition coefficient (Wildman–Crippen LogP) is 4.09. The number of fused-ring (bicyclic) bond motifs is 2. The Hall–Kier alpha value is -3.05. The summed E-state index contributed by atoms with van der Waals surface area (Å²) in [5.74, 6) is -0.664. The zero-order chi connectivity index (χ0) is 20.0. The number of halogens is 1. The van der Waals surface area contributed by atoms with Crippen molar-refractivity contribution < 1.29 is 19.1 Å². The van der Waals surface area contributed by atoms with Gasteiger partial charge in [0.2, 0.25) is 0 Å². The molecule has 0 saturated carbocycles. The minimum Gasteiger partial charge on any atom is -0.495 e. The van der Waals surface area contributed by atoms with Crippen LogP contribution in [0.2, 0.25) is 5.02 Å². The van der Waals surface area contributed by atoms with Gasteiger partial charge in [-0.3, -0.25) is 4.79 Å². The van der Waals surface area contributed by atoms with E-state index in [1.807, 2.05) is 24.3 Å². The maximum Gasteiger partial charge on any atom is 0.336 e. The van der Waals surface area contributed by atoms with E-state index in [4.69, 9.17) is 21.1 Å². The summed E-state index contributed by atoms with van der Waals surface area (Å²) in [6.07, 6.45) is 0. The van der Waals surface area contributed by atoms with Crippen LogP contribution in [0.5, 0.6) is 5.75 Å². The first-order valence-electron chi connectivity index (χ1n) is 8.75. The summed E-state index contributed by atoms with van der Waals surface area (Å²) >= 11 is 6.34. The van der Waals surface area contributed by atoms with Crippen LogP contribution in [-0.4, -0.2) is 26.0 Å². The number of esters is 1. The molecule has 2 aliphatic rings. The van der Waals surface area contributed by atoms with Gasteiger partial charge >= 0.3 is 5.97 Å². The maximum absolute atomic E-state index is 13.3. The van der Waals surface area contributed by atoms with Gasteiger partial charge in [0.05, 0.1) is 30.5 Å². The van der Waals surface area contributed by atoms with Crippen molar-refractivity contribution in [3.8, 4) is 5.75 Å². The number of carbonyl (C=O) groups is 2. The van der Waals surface area contributed by atoms with Crippen LogP contribution in [0, 0.1) is 0 Å². The Morgan fingerprint density at radius 2 is 1.82 bits per heavy atom. The monoisotopic (exact) mass is 395 g/mol. The van der Waals surface area contributed by atoms with E-state index in [0.29, 0.717) is 33.2 Å². The number of ketones is 1. The van der Waals surface area contributed by atoms with E-state index >= 15 is 0 Å². The van der Waals surface area contributed by atoms with Crippen molar-refractivity contribution in [3.63, 3.8) is 0 Å². The largest absolute Gasteiger partial charge is 0.495 e. The van der Waals surface area contributed by atoms with Crippen molar-refractivity contribution in [3.05, 3.63) is 81.0 Å². The first-order chi connectivity index (χ1) is 13.5. The highest BCUT2D eigenvalue weighted by atomic mass is 35.5. The fraction of sp³-hybridized carbons (Fsp3) is 0.182. The molecule has 0 spiro atoms. The van der Waals surface area contributed by atoms with E-state index in [2.05, 4.69) is 5.32 Å². The van der Waals surface area contributed by atoms with Gasteiger partial charge in [-0.15, -0.1) is 0 Å². The Kier molecular flexibility index (Phi) is 4.47. The third-order valence-electron chi connectivity index (χ3n) is 5.16. The average Bonchev–Trinajstić information content (AvgIpc) is 2.98. The van der Waals surface area contributed by atoms with Crippen LogP contribution in [0.15, 0.2) is 59.3 Å². The molecule has 1 atom stereocenters. The molecule has 6 heteroatoms. The first kappa shape index (κ1) is 18.3. The molecule has 0 fully saturated rings. The smallest absolute Gasteiger partial charge is 0.336 e. The first-order valence-corrected chi connectivity index (χ1v) is 9.13. The summed E-state index contributed by atoms with van der Waals surface area (Å²) in [7, 11) is 2.86. The lowest BCUT2D eigenvalue weighted by Gasteiger charge is -2.29. The van der Waals surface area contributed by atoms with Gasteiger partial charge in [0.1, 0.15) is 5.75 Å². The van der Waals surface area contributed by atoms with E-state index in [9.17, 15) is 9.59 Å². The highest BCUT2D eigenvalue weighted by molar-refractivity contribution is 6.32. The Morgan fingerprint density at radius 3 is 2.46 bits per heavy atom. The fourth-order valence-corrected chi connectivity index (χ4v) is 4.17. The number of hydrogen-bond acceptors (Lipinski definition) is 5. The lowest BCUT2D eigenvalue weighted by Crippen LogP contribution is -2.29. The van der Waals surface area contributed by atoms with E-state index in [-0.39, 0.29) is 5.78 Å². The molecule has 0 saturated heterocycles. The van der Waals surface area contributed by atoms with Gasteiger partial charge < -0.3 is 14.8 Å². The molecule has 1 aliphatic heterocycles. The predicted molar refractivity (Wildman–Crippen MR) is 106 cm³/mol. The van der Waals surface area contributed by atoms with Gasteiger partial charge in [-0.05, 0) is 24.6 Å². The van der Waals surface area contributed by atoms with Crippen LogP contribution in [-0.2, 0) is 9.53 Å². The maximum atomic E-state index is 13.3. The lowest BCUT2D eigenvalue weighted by atomic mass is 9.80. The number of ether oxygens (including phenoxy) is 2. The molecule has 0 radical (unpaired) electrons. The Balaban J connectivity index is 1.95. The Labute approximate surface area is 167 Å². The third-order valence-corrected chi connectivity index (χ3v) is 5.46. The van der Waals surface area contributed by atoms with Crippen molar-refractivity contribution in [1.29, 1.82) is 0 Å². The molecular formula is C22H18ClNO4. The number of nitrogens with one attached hydrogen (secondary N) is 1. The van der Waals surface area contributed by atoms with Crippen LogP contribution in [0.3, 0.4) is 0 Å². The summed E-state index contributed by atoms with van der Waals surface area (Å²) in [5, 5.41) is 3.65. The number of dihydropyridines is 1. The number of Topliss-reactive ketones (excluding diaryl/α,β-unsaturated/α-hetero) is 1. The van der Waals surface area contributed by atoms with Crippen LogP contribution in [0.1, 0.15) is 34.3 Å². The van der Waals surface area contributed by atoms with Crippen LogP contribution < -0.4 is 10.1 Å². The number of benzene rings is 2. The van der Waals surface area contributed by atoms with E-state index in [1.54, 1.807) is 25.1 Å². The molecule has 0 aromatic heterocycles. The minimum atomic E-state index is -0.591. The van der Waals surface area contributed by atoms with Crippen LogP contribution in [0.4, 0.5) is 0 Å². The van der Waals surface area contributed by atoms with Gasteiger partial charge in [-0.1, -0.05) is 41.9 Å². The number of rotatable bonds is 3. The molecule has 2 aromatic rings. The third kappa shape index (κ3) is 2.62. The highest BCUT2D eigenvalue weighted by Crippen LogP contribution is 2.47. The molecule has 28 heavy (non-hydrogen) atoms.